The second kappa shape index (κ2) is 24.9. The van der Waals surface area contributed by atoms with Crippen LogP contribution in [-0.4, -0.2) is 124 Å². The minimum absolute atomic E-state index is 0.0309. The molecule has 416 valence electrons. The van der Waals surface area contributed by atoms with E-state index in [1.165, 1.54) is 16.7 Å². The fraction of sp³-hybridized carbons (Fsp3) is 0.661. The Morgan fingerprint density at radius 1 is 1.01 bits per heavy atom. The van der Waals surface area contributed by atoms with Crippen LogP contribution in [-0.2, 0) is 54.3 Å². The fourth-order valence-electron chi connectivity index (χ4n) is 13.3. The molecule has 6 aliphatic rings. The smallest absolute Gasteiger partial charge is 0.407 e. The van der Waals surface area contributed by atoms with Gasteiger partial charge in [0, 0.05) is 67.2 Å². The predicted molar refractivity (Wildman–Crippen MR) is 283 cm³/mol. The van der Waals surface area contributed by atoms with Crippen molar-refractivity contribution >= 4 is 70.6 Å². The molecular weight excluding hydrogens is 997 g/mol. The van der Waals surface area contributed by atoms with E-state index in [2.05, 4.69) is 28.2 Å². The Bertz CT molecular complexity index is 2450. The van der Waals surface area contributed by atoms with Gasteiger partial charge in [0.15, 0.2) is 30.1 Å². The quantitative estimate of drug-likeness (QED) is 0.0499. The number of urea groups is 1. The number of ketones is 3. The maximum absolute atomic E-state index is 14.6. The highest BCUT2D eigenvalue weighted by molar-refractivity contribution is 8.00. The zero-order valence-electron chi connectivity index (χ0n) is 44.8. The van der Waals surface area contributed by atoms with Crippen molar-refractivity contribution in [3.63, 3.8) is 0 Å². The number of hydrogen-bond donors (Lipinski definition) is 6. The Morgan fingerprint density at radius 2 is 1.76 bits per heavy atom. The molecule has 2 aliphatic heterocycles. The number of anilines is 1. The van der Waals surface area contributed by atoms with Crippen LogP contribution in [0, 0.1) is 40.4 Å². The van der Waals surface area contributed by atoms with E-state index in [4.69, 9.17) is 19.9 Å². The number of carbonyl (C=O) groups is 9. The van der Waals surface area contributed by atoms with Crippen molar-refractivity contribution < 1.29 is 62.5 Å². The molecule has 19 nitrogen and oxygen atoms in total. The third-order valence-corrected chi connectivity index (χ3v) is 18.1. The molecule has 7 rings (SSSR count). The number of allylic oxidation sites excluding steroid dienone is 4. The van der Waals surface area contributed by atoms with Crippen LogP contribution in [0.15, 0.2) is 48.1 Å². The molecule has 5 fully saturated rings. The number of Topliss-reactive ketones (excluding diaryl/α,β-unsaturated/α-hetero) is 2. The molecular formula is C56H78N6O13S. The molecule has 0 aromatic heterocycles. The summed E-state index contributed by atoms with van der Waals surface area (Å²) in [4.78, 5) is 118. The average molecular weight is 1080 g/mol. The van der Waals surface area contributed by atoms with Crippen LogP contribution in [0.1, 0.15) is 130 Å². The fourth-order valence-corrected chi connectivity index (χ4v) is 14.0. The van der Waals surface area contributed by atoms with Crippen LogP contribution in [0.4, 0.5) is 15.3 Å². The first-order chi connectivity index (χ1) is 36.1. The number of rotatable bonds is 25. The zero-order valence-corrected chi connectivity index (χ0v) is 45.6. The number of aliphatic hydroxyl groups excluding tert-OH is 1. The minimum atomic E-state index is -1.44. The predicted octanol–water partition coefficient (Wildman–Crippen LogP) is 5.81. The molecule has 0 spiro atoms. The number of hydrogen-bond acceptors (Lipinski definition) is 14. The van der Waals surface area contributed by atoms with Crippen LogP contribution < -0.4 is 27.0 Å². The number of primary amides is 1. The standard InChI is InChI=1S/C56H78N6O13S/c1-7-12-47-74-44-27-39-38-20-17-35-26-37(63)21-22-54(35,4)48(38)41(65)29-55(39,5)56(44,75-47)43(66)31-73-53(72)59-30-33-15-18-36(19-16-33)60-50(69)34(13-11-23-58-52(57)71)25-40(64)49(32(2)3)61-45(67)14-9-8-10-24-62-46(68)28-42(76-6)51(62)70/h15-16,18-19,21-22,26,32,34,38-39,41-42,44,47-49,65H,7-14,17,20,23-25,27-31H2,1-6H3,(H,59,72)(H,60,69)(H,61,67)(H3,57,58,71)/t34-,38+,39+,41+,42?,44-,47?,48-,49?,54+,55+,56-/m1/s1. The van der Waals surface area contributed by atoms with Crippen molar-refractivity contribution in [1.29, 1.82) is 0 Å². The Balaban J connectivity index is 0.908. The number of likely N-dealkylation sites (tertiary alicyclic amines) is 1. The molecule has 76 heavy (non-hydrogen) atoms. The van der Waals surface area contributed by atoms with Crippen molar-refractivity contribution in [3.8, 4) is 0 Å². The number of carbonyl (C=O) groups excluding carboxylic acids is 9. The number of unbranched alkanes of at least 4 members (excludes halogenated alkanes) is 2. The Hall–Kier alpha value is -5.44. The molecule has 3 unspecified atom stereocenters. The van der Waals surface area contributed by atoms with Gasteiger partial charge in [-0.25, -0.2) is 9.59 Å². The molecule has 1 aromatic carbocycles. The highest BCUT2D eigenvalue weighted by atomic mass is 32.2. The summed E-state index contributed by atoms with van der Waals surface area (Å²) in [6.07, 6.45) is 10.3. The zero-order chi connectivity index (χ0) is 55.1. The number of nitrogens with one attached hydrogen (secondary N) is 4. The molecule has 2 saturated heterocycles. The summed E-state index contributed by atoms with van der Waals surface area (Å²) in [5, 5.41) is 22.6. The number of fused-ring (bicyclic) bond motifs is 7. The average Bonchev–Trinajstić information content (AvgIpc) is 3.99. The van der Waals surface area contributed by atoms with E-state index in [9.17, 15) is 48.3 Å². The van der Waals surface area contributed by atoms with Crippen LogP contribution in [0.2, 0.25) is 0 Å². The molecule has 0 radical (unpaired) electrons. The normalized spacial score (nSPS) is 30.1. The number of ether oxygens (including phenoxy) is 3. The van der Waals surface area contributed by atoms with E-state index >= 15 is 0 Å². The largest absolute Gasteiger partial charge is 0.441 e. The second-order valence-electron chi connectivity index (χ2n) is 22.4. The first-order valence-electron chi connectivity index (χ1n) is 27.2. The summed E-state index contributed by atoms with van der Waals surface area (Å²) < 4.78 is 18.8. The lowest BCUT2D eigenvalue weighted by Crippen LogP contribution is -2.63. The molecule has 3 saturated carbocycles. The van der Waals surface area contributed by atoms with E-state index in [0.29, 0.717) is 62.7 Å². The van der Waals surface area contributed by atoms with Crippen molar-refractivity contribution in [2.75, 3.05) is 31.3 Å². The van der Waals surface area contributed by atoms with Gasteiger partial charge in [-0.1, -0.05) is 71.2 Å². The van der Waals surface area contributed by atoms with E-state index in [0.717, 1.165) is 18.4 Å². The third kappa shape index (κ3) is 12.4. The molecule has 4 aliphatic carbocycles. The summed E-state index contributed by atoms with van der Waals surface area (Å²) in [6.45, 7) is 9.68. The van der Waals surface area contributed by atoms with E-state index in [1.54, 1.807) is 56.5 Å². The Kier molecular flexibility index (Phi) is 19.1. The number of nitrogens with two attached hydrogens (primary N) is 1. The summed E-state index contributed by atoms with van der Waals surface area (Å²) in [5.41, 5.74) is 4.60. The van der Waals surface area contributed by atoms with Gasteiger partial charge in [0.05, 0.1) is 23.5 Å². The Labute approximate surface area is 449 Å². The van der Waals surface area contributed by atoms with Crippen LogP contribution in [0.25, 0.3) is 0 Å². The molecule has 20 heteroatoms. The topological polar surface area (TPSA) is 279 Å². The molecule has 1 aromatic rings. The summed E-state index contributed by atoms with van der Waals surface area (Å²) >= 11 is 1.36. The van der Waals surface area contributed by atoms with Crippen LogP contribution in [0.5, 0.6) is 0 Å². The summed E-state index contributed by atoms with van der Waals surface area (Å²) in [6, 6.07) is 5.11. The number of thioether (sulfide) groups is 1. The first-order valence-corrected chi connectivity index (χ1v) is 28.5. The number of aliphatic hydroxyl groups is 1. The van der Waals surface area contributed by atoms with Gasteiger partial charge in [0.1, 0.15) is 0 Å². The molecule has 2 heterocycles. The van der Waals surface area contributed by atoms with Crippen molar-refractivity contribution in [3.05, 3.63) is 53.6 Å². The number of benzene rings is 1. The van der Waals surface area contributed by atoms with Gasteiger partial charge in [-0.3, -0.25) is 38.5 Å². The van der Waals surface area contributed by atoms with Gasteiger partial charge in [-0.05, 0) is 112 Å². The van der Waals surface area contributed by atoms with Crippen molar-refractivity contribution in [2.45, 2.75) is 166 Å². The monoisotopic (exact) mass is 1070 g/mol. The van der Waals surface area contributed by atoms with Crippen LogP contribution in [0.3, 0.4) is 0 Å². The number of alkyl carbamates (subject to hydrolysis) is 1. The van der Waals surface area contributed by atoms with Crippen molar-refractivity contribution in [1.82, 2.24) is 20.9 Å². The van der Waals surface area contributed by atoms with Gasteiger partial charge < -0.3 is 46.3 Å². The highest BCUT2D eigenvalue weighted by Crippen LogP contribution is 2.69. The minimum Gasteiger partial charge on any atom is -0.441 e. The van der Waals surface area contributed by atoms with Crippen molar-refractivity contribution in [2.24, 2.45) is 46.2 Å². The van der Waals surface area contributed by atoms with Gasteiger partial charge in [-0.2, -0.15) is 11.8 Å². The van der Waals surface area contributed by atoms with Gasteiger partial charge in [0.2, 0.25) is 29.4 Å². The van der Waals surface area contributed by atoms with Gasteiger partial charge >= 0.3 is 12.1 Å². The summed E-state index contributed by atoms with van der Waals surface area (Å²) in [5.74, 6) is -3.15. The molecule has 7 N–H and O–H groups in total. The number of imide groups is 1. The second-order valence-corrected chi connectivity index (χ2v) is 23.4. The maximum atomic E-state index is 14.6. The molecule has 0 bridgehead atoms. The molecule has 12 atom stereocenters. The lowest BCUT2D eigenvalue weighted by atomic mass is 9.46. The lowest BCUT2D eigenvalue weighted by molar-refractivity contribution is -0.200. The third-order valence-electron chi connectivity index (χ3n) is 17.2. The van der Waals surface area contributed by atoms with E-state index < -0.39 is 77.3 Å². The maximum Gasteiger partial charge on any atom is 0.407 e. The lowest BCUT2D eigenvalue weighted by Gasteiger charge is -2.59. The summed E-state index contributed by atoms with van der Waals surface area (Å²) in [7, 11) is 0. The van der Waals surface area contributed by atoms with E-state index in [1.807, 2.05) is 19.9 Å². The number of nitrogens with zero attached hydrogens (tertiary/aromatic N) is 1. The van der Waals surface area contributed by atoms with Gasteiger partial charge in [-0.15, -0.1) is 0 Å². The highest BCUT2D eigenvalue weighted by Gasteiger charge is 2.76. The van der Waals surface area contributed by atoms with Gasteiger partial charge in [0.25, 0.3) is 0 Å². The van der Waals surface area contributed by atoms with Crippen LogP contribution >= 0.6 is 11.8 Å². The SMILES string of the molecule is CCCC1O[C@@H]2C[C@H]3[C@@H]4CCC5=CC(=O)C=C[C@]5(C)[C@H]4[C@@H](O)C[C@]3(C)[C@]2(C(=O)COC(=O)NCc2ccc(NC(=O)[C@H](CCCNC(N)=O)CC(=O)C(NC(=O)CCCCCN3C(=O)CC(SC)C3=O)C(C)C)cc2)O1. The number of amides is 7. The Morgan fingerprint density at radius 3 is 2.45 bits per heavy atom. The van der Waals surface area contributed by atoms with E-state index in [-0.39, 0.29) is 103 Å². The molecule has 7 amide bonds. The first kappa shape index (κ1) is 58.2.